The van der Waals surface area contributed by atoms with Crippen LogP contribution in [0, 0.1) is 12.3 Å². The molecule has 0 unspecified atom stereocenters. The second-order valence-corrected chi connectivity index (χ2v) is 7.10. The number of rotatable bonds is 3. The van der Waals surface area contributed by atoms with Gasteiger partial charge >= 0.3 is 0 Å². The van der Waals surface area contributed by atoms with E-state index < -0.39 is 5.41 Å². The number of hydrogen-bond donors (Lipinski definition) is 2. The van der Waals surface area contributed by atoms with Crippen LogP contribution in [0.3, 0.4) is 0 Å². The first-order valence-electron chi connectivity index (χ1n) is 9.25. The van der Waals surface area contributed by atoms with Gasteiger partial charge < -0.3 is 11.5 Å². The fourth-order valence-electron chi connectivity index (χ4n) is 4.22. The highest BCUT2D eigenvalue weighted by atomic mass is 14.6. The van der Waals surface area contributed by atoms with Gasteiger partial charge in [-0.15, -0.1) is 6.42 Å². The quantitative estimate of drug-likeness (QED) is 0.391. The monoisotopic (exact) mass is 362 g/mol. The van der Waals surface area contributed by atoms with Crippen molar-refractivity contribution in [3.63, 3.8) is 0 Å². The molecule has 2 heteroatoms. The van der Waals surface area contributed by atoms with Gasteiger partial charge in [0.05, 0.1) is 5.41 Å². The Bertz CT molecular complexity index is 1090. The van der Waals surface area contributed by atoms with Crippen LogP contribution in [0.25, 0.3) is 11.1 Å². The van der Waals surface area contributed by atoms with E-state index in [0.29, 0.717) is 5.70 Å². The molecule has 0 saturated carbocycles. The van der Waals surface area contributed by atoms with Crippen molar-refractivity contribution < 1.29 is 0 Å². The molecule has 0 saturated heterocycles. The number of fused-ring (bicyclic) bond motifs is 3. The van der Waals surface area contributed by atoms with Crippen LogP contribution >= 0.6 is 0 Å². The van der Waals surface area contributed by atoms with Crippen LogP contribution in [0.2, 0.25) is 0 Å². The molecule has 0 aliphatic heterocycles. The average Bonchev–Trinajstić information content (AvgIpc) is 3.01. The average molecular weight is 362 g/mol. The lowest BCUT2D eigenvalue weighted by molar-refractivity contribution is 0.773. The van der Waals surface area contributed by atoms with Crippen LogP contribution in [-0.4, -0.2) is 0 Å². The maximum Gasteiger partial charge on any atom is 0.0792 e. The smallest absolute Gasteiger partial charge is 0.0792 e. The highest BCUT2D eigenvalue weighted by Crippen LogP contribution is 2.56. The van der Waals surface area contributed by atoms with Gasteiger partial charge in [-0.3, -0.25) is 0 Å². The molecule has 0 aromatic heterocycles. The molecule has 3 aromatic rings. The van der Waals surface area contributed by atoms with Gasteiger partial charge in [0.2, 0.25) is 0 Å². The molecule has 28 heavy (non-hydrogen) atoms. The summed E-state index contributed by atoms with van der Waals surface area (Å²) in [4.78, 5) is 0. The Morgan fingerprint density at radius 3 is 1.89 bits per heavy atom. The zero-order valence-corrected chi connectivity index (χ0v) is 15.8. The molecular weight excluding hydrogens is 340 g/mol. The number of anilines is 1. The third-order valence-electron chi connectivity index (χ3n) is 5.37. The van der Waals surface area contributed by atoms with Gasteiger partial charge in [-0.25, -0.2) is 0 Å². The zero-order valence-electron chi connectivity index (χ0n) is 15.8. The minimum absolute atomic E-state index is 0.582. The van der Waals surface area contributed by atoms with Gasteiger partial charge in [0.15, 0.2) is 0 Å². The summed E-state index contributed by atoms with van der Waals surface area (Å²) < 4.78 is 0. The standard InChI is InChI=1S/C26H22N2/c1-3-19(13-12-18(2)27)26(20-14-16-21(28)17-15-20)24-10-6-4-8-22(24)23-9-5-7-11-25(23)26/h1,4-17H,27-28H2,2H3/b18-12+,19-13+. The summed E-state index contributed by atoms with van der Waals surface area (Å²) in [5.41, 5.74) is 19.4. The number of benzene rings is 3. The molecule has 4 rings (SSSR count). The van der Waals surface area contributed by atoms with E-state index in [0.717, 1.165) is 16.8 Å². The predicted molar refractivity (Wildman–Crippen MR) is 117 cm³/mol. The number of hydrogen-bond acceptors (Lipinski definition) is 2. The van der Waals surface area contributed by atoms with Crippen LogP contribution < -0.4 is 11.5 Å². The number of nitrogen functional groups attached to an aromatic ring is 1. The van der Waals surface area contributed by atoms with Gasteiger partial charge in [0.25, 0.3) is 0 Å². The molecule has 2 nitrogen and oxygen atoms in total. The minimum atomic E-state index is -0.582. The van der Waals surface area contributed by atoms with E-state index in [4.69, 9.17) is 17.9 Å². The van der Waals surface area contributed by atoms with Crippen molar-refractivity contribution in [3.05, 3.63) is 113 Å². The van der Waals surface area contributed by atoms with E-state index in [-0.39, 0.29) is 0 Å². The molecule has 3 aromatic carbocycles. The van der Waals surface area contributed by atoms with Gasteiger partial charge in [0, 0.05) is 17.0 Å². The first kappa shape index (κ1) is 17.7. The molecule has 0 atom stereocenters. The summed E-state index contributed by atoms with van der Waals surface area (Å²) in [7, 11) is 0. The number of allylic oxidation sites excluding steroid dienone is 4. The van der Waals surface area contributed by atoms with Crippen LogP contribution in [0.4, 0.5) is 5.69 Å². The van der Waals surface area contributed by atoms with E-state index >= 15 is 0 Å². The van der Waals surface area contributed by atoms with Crippen molar-refractivity contribution in [2.75, 3.05) is 5.73 Å². The highest BCUT2D eigenvalue weighted by Gasteiger charge is 2.46. The Kier molecular flexibility index (Phi) is 4.29. The van der Waals surface area contributed by atoms with E-state index in [9.17, 15) is 0 Å². The largest absolute Gasteiger partial charge is 0.402 e. The fourth-order valence-corrected chi connectivity index (χ4v) is 4.22. The van der Waals surface area contributed by atoms with Gasteiger partial charge in [0.1, 0.15) is 0 Å². The lowest BCUT2D eigenvalue weighted by atomic mass is 9.67. The lowest BCUT2D eigenvalue weighted by Gasteiger charge is -2.33. The molecule has 0 amide bonds. The number of terminal acetylenes is 1. The maximum atomic E-state index is 6.09. The summed E-state index contributed by atoms with van der Waals surface area (Å²) in [6.45, 7) is 1.86. The summed E-state index contributed by atoms with van der Waals surface area (Å²) in [6, 6.07) is 24.9. The van der Waals surface area contributed by atoms with Crippen LogP contribution in [0.5, 0.6) is 0 Å². The van der Waals surface area contributed by atoms with Gasteiger partial charge in [-0.05, 0) is 59.0 Å². The molecule has 0 heterocycles. The molecule has 1 aliphatic rings. The molecule has 0 spiro atoms. The zero-order chi connectivity index (χ0) is 19.7. The van der Waals surface area contributed by atoms with Gasteiger partial charge in [-0.2, -0.15) is 0 Å². The third kappa shape index (κ3) is 2.52. The maximum absolute atomic E-state index is 6.09. The molecule has 1 aliphatic carbocycles. The summed E-state index contributed by atoms with van der Waals surface area (Å²) in [5.74, 6) is 2.96. The van der Waals surface area contributed by atoms with Gasteiger partial charge in [-0.1, -0.05) is 66.6 Å². The molecule has 0 bridgehead atoms. The number of nitrogens with two attached hydrogens (primary N) is 2. The Morgan fingerprint density at radius 1 is 0.857 bits per heavy atom. The molecule has 0 fully saturated rings. The lowest BCUT2D eigenvalue weighted by Crippen LogP contribution is -2.29. The summed E-state index contributed by atoms with van der Waals surface area (Å²) in [5, 5.41) is 0. The molecule has 4 N–H and O–H groups in total. The first-order chi connectivity index (χ1) is 13.6. The Labute approximate surface area is 166 Å². The van der Waals surface area contributed by atoms with Crippen molar-refractivity contribution in [1.29, 1.82) is 0 Å². The second-order valence-electron chi connectivity index (χ2n) is 7.10. The highest BCUT2D eigenvalue weighted by molar-refractivity contribution is 5.87. The molecule has 0 radical (unpaired) electrons. The normalized spacial score (nSPS) is 14.9. The second kappa shape index (κ2) is 6.79. The molecular formula is C26H22N2. The van der Waals surface area contributed by atoms with E-state index in [1.165, 1.54) is 22.3 Å². The summed E-state index contributed by atoms with van der Waals surface area (Å²) >= 11 is 0. The van der Waals surface area contributed by atoms with Crippen molar-refractivity contribution in [3.8, 4) is 23.5 Å². The molecule has 136 valence electrons. The third-order valence-corrected chi connectivity index (χ3v) is 5.37. The predicted octanol–water partition coefficient (Wildman–Crippen LogP) is 5.01. The Hall–Kier alpha value is -3.70. The van der Waals surface area contributed by atoms with E-state index in [1.807, 2.05) is 31.2 Å². The first-order valence-corrected chi connectivity index (χ1v) is 9.25. The van der Waals surface area contributed by atoms with E-state index in [1.54, 1.807) is 0 Å². The van der Waals surface area contributed by atoms with E-state index in [2.05, 4.69) is 66.6 Å². The van der Waals surface area contributed by atoms with Crippen LogP contribution in [0.15, 0.2) is 96.2 Å². The summed E-state index contributed by atoms with van der Waals surface area (Å²) in [6.07, 6.45) is 9.93. The topological polar surface area (TPSA) is 52.0 Å². The SMILES string of the molecule is C#C/C(=C\C=C(/C)N)C1(c2ccc(N)cc2)c2ccccc2-c2ccccc21. The van der Waals surface area contributed by atoms with Crippen molar-refractivity contribution in [2.45, 2.75) is 12.3 Å². The van der Waals surface area contributed by atoms with Crippen LogP contribution in [0.1, 0.15) is 23.6 Å². The van der Waals surface area contributed by atoms with Crippen LogP contribution in [-0.2, 0) is 5.41 Å². The Balaban J connectivity index is 2.17. The Morgan fingerprint density at radius 2 is 1.39 bits per heavy atom. The fraction of sp³-hybridized carbons (Fsp3) is 0.0769. The van der Waals surface area contributed by atoms with Crippen molar-refractivity contribution >= 4 is 5.69 Å². The van der Waals surface area contributed by atoms with Crippen molar-refractivity contribution in [2.24, 2.45) is 5.73 Å². The van der Waals surface area contributed by atoms with Crippen molar-refractivity contribution in [1.82, 2.24) is 0 Å². The minimum Gasteiger partial charge on any atom is -0.402 e.